The smallest absolute Gasteiger partial charge is 0.246 e. The Bertz CT molecular complexity index is 414. The van der Waals surface area contributed by atoms with E-state index in [2.05, 4.69) is 16.9 Å². The van der Waals surface area contributed by atoms with Crippen LogP contribution in [0.2, 0.25) is 0 Å². The maximum absolute atomic E-state index is 11.1. The van der Waals surface area contributed by atoms with Gasteiger partial charge in [0.05, 0.1) is 19.0 Å². The van der Waals surface area contributed by atoms with Crippen LogP contribution < -0.4 is 4.74 Å². The van der Waals surface area contributed by atoms with Crippen LogP contribution in [0, 0.1) is 0 Å². The van der Waals surface area contributed by atoms with Crippen LogP contribution in [0.4, 0.5) is 0 Å². The summed E-state index contributed by atoms with van der Waals surface area (Å²) >= 11 is 0. The Labute approximate surface area is 95.8 Å². The summed E-state index contributed by atoms with van der Waals surface area (Å²) in [5.41, 5.74) is 0. The van der Waals surface area contributed by atoms with Gasteiger partial charge in [-0.15, -0.1) is 0 Å². The summed E-state index contributed by atoms with van der Waals surface area (Å²) in [6, 6.07) is 0. The minimum absolute atomic E-state index is 0.173. The van der Waals surface area contributed by atoms with Gasteiger partial charge in [-0.25, -0.2) is 18.4 Å². The Kier molecular flexibility index (Phi) is 4.67. The molecule has 0 radical (unpaired) electrons. The summed E-state index contributed by atoms with van der Waals surface area (Å²) in [7, 11) is -3.33. The second-order valence-corrected chi connectivity index (χ2v) is 5.44. The zero-order valence-corrected chi connectivity index (χ0v) is 10.3. The van der Waals surface area contributed by atoms with Crippen LogP contribution in [-0.4, -0.2) is 31.2 Å². The number of aromatic nitrogens is 2. The van der Waals surface area contributed by atoms with Gasteiger partial charge >= 0.3 is 0 Å². The van der Waals surface area contributed by atoms with Crippen molar-refractivity contribution in [3.8, 4) is 5.75 Å². The number of sulfone groups is 1. The molecule has 0 N–H and O–H groups in total. The minimum Gasteiger partial charge on any atom is -0.490 e. The average molecular weight is 244 g/mol. The van der Waals surface area contributed by atoms with E-state index in [-0.39, 0.29) is 5.16 Å². The predicted molar refractivity (Wildman–Crippen MR) is 60.2 cm³/mol. The van der Waals surface area contributed by atoms with Crippen molar-refractivity contribution in [3.05, 3.63) is 12.4 Å². The first-order valence-corrected chi connectivity index (χ1v) is 7.08. The number of ether oxygens (including phenoxy) is 1. The van der Waals surface area contributed by atoms with Crippen molar-refractivity contribution in [3.63, 3.8) is 0 Å². The lowest BCUT2D eigenvalue weighted by molar-refractivity contribution is 0.303. The summed E-state index contributed by atoms with van der Waals surface area (Å²) in [5.74, 6) is 0.503. The molecule has 90 valence electrons. The summed E-state index contributed by atoms with van der Waals surface area (Å²) in [6.45, 7) is 2.72. The van der Waals surface area contributed by atoms with Crippen LogP contribution in [0.25, 0.3) is 0 Å². The predicted octanol–water partition coefficient (Wildman–Crippen LogP) is 1.45. The van der Waals surface area contributed by atoms with Gasteiger partial charge in [-0.1, -0.05) is 19.8 Å². The summed E-state index contributed by atoms with van der Waals surface area (Å²) in [4.78, 5) is 7.45. The Balaban J connectivity index is 2.52. The lowest BCUT2D eigenvalue weighted by Crippen LogP contribution is -2.04. The molecule has 1 aromatic heterocycles. The van der Waals surface area contributed by atoms with Crippen molar-refractivity contribution in [2.24, 2.45) is 0 Å². The van der Waals surface area contributed by atoms with Gasteiger partial charge in [-0.2, -0.15) is 0 Å². The molecule has 1 rings (SSSR count). The second-order valence-electron chi connectivity index (χ2n) is 3.53. The number of nitrogens with zero attached hydrogens (tertiary/aromatic N) is 2. The van der Waals surface area contributed by atoms with Crippen LogP contribution in [0.15, 0.2) is 17.6 Å². The van der Waals surface area contributed by atoms with E-state index >= 15 is 0 Å². The van der Waals surface area contributed by atoms with Crippen molar-refractivity contribution < 1.29 is 13.2 Å². The zero-order chi connectivity index (χ0) is 12.0. The molecule has 0 saturated heterocycles. The van der Waals surface area contributed by atoms with Crippen LogP contribution in [-0.2, 0) is 9.84 Å². The number of rotatable bonds is 6. The van der Waals surface area contributed by atoms with E-state index in [1.54, 1.807) is 0 Å². The molecule has 0 unspecified atom stereocenters. The Hall–Kier alpha value is -1.17. The first-order valence-electron chi connectivity index (χ1n) is 5.19. The van der Waals surface area contributed by atoms with E-state index < -0.39 is 9.84 Å². The molecule has 1 aromatic rings. The van der Waals surface area contributed by atoms with E-state index in [1.807, 2.05) is 0 Å². The molecule has 0 bridgehead atoms. The van der Waals surface area contributed by atoms with E-state index in [1.165, 1.54) is 12.4 Å². The minimum atomic E-state index is -3.33. The third kappa shape index (κ3) is 4.14. The van der Waals surface area contributed by atoms with Gasteiger partial charge < -0.3 is 4.74 Å². The normalized spacial score (nSPS) is 11.4. The van der Waals surface area contributed by atoms with E-state index in [0.29, 0.717) is 12.4 Å². The molecule has 0 saturated carbocycles. The fraction of sp³-hybridized carbons (Fsp3) is 0.600. The van der Waals surface area contributed by atoms with Gasteiger partial charge in [-0.05, 0) is 6.42 Å². The Morgan fingerprint density at radius 1 is 1.25 bits per heavy atom. The van der Waals surface area contributed by atoms with Crippen LogP contribution >= 0.6 is 0 Å². The van der Waals surface area contributed by atoms with Crippen LogP contribution in [0.3, 0.4) is 0 Å². The molecule has 0 aliphatic heterocycles. The molecule has 0 spiro atoms. The lowest BCUT2D eigenvalue weighted by Gasteiger charge is -2.04. The summed E-state index contributed by atoms with van der Waals surface area (Å²) < 4.78 is 27.5. The van der Waals surface area contributed by atoms with Crippen molar-refractivity contribution in [1.29, 1.82) is 0 Å². The van der Waals surface area contributed by atoms with Gasteiger partial charge in [0.2, 0.25) is 15.0 Å². The highest BCUT2D eigenvalue weighted by molar-refractivity contribution is 7.90. The van der Waals surface area contributed by atoms with Gasteiger partial charge in [0.1, 0.15) is 0 Å². The average Bonchev–Trinajstić information content (AvgIpc) is 2.24. The summed E-state index contributed by atoms with van der Waals surface area (Å²) in [5, 5.41) is -0.173. The third-order valence-electron chi connectivity index (χ3n) is 1.95. The molecule has 0 atom stereocenters. The largest absolute Gasteiger partial charge is 0.490 e. The SMILES string of the molecule is CCCCCOc1cnc(S(C)(=O)=O)nc1. The topological polar surface area (TPSA) is 69.2 Å². The summed E-state index contributed by atoms with van der Waals surface area (Å²) in [6.07, 6.45) is 7.06. The molecule has 5 nitrogen and oxygen atoms in total. The van der Waals surface area contributed by atoms with Gasteiger partial charge in [-0.3, -0.25) is 0 Å². The fourth-order valence-electron chi connectivity index (χ4n) is 1.11. The molecule has 0 aromatic carbocycles. The number of unbranched alkanes of at least 4 members (excludes halogenated alkanes) is 2. The van der Waals surface area contributed by atoms with Gasteiger partial charge in [0.15, 0.2) is 5.75 Å². The van der Waals surface area contributed by atoms with E-state index in [0.717, 1.165) is 25.5 Å². The van der Waals surface area contributed by atoms with Crippen molar-refractivity contribution in [1.82, 2.24) is 9.97 Å². The molecular weight excluding hydrogens is 228 g/mol. The van der Waals surface area contributed by atoms with Gasteiger partial charge in [0.25, 0.3) is 0 Å². The van der Waals surface area contributed by atoms with Gasteiger partial charge in [0, 0.05) is 6.26 Å². The standard InChI is InChI=1S/C10H16N2O3S/c1-3-4-5-6-15-9-7-11-10(12-8-9)16(2,13)14/h7-8H,3-6H2,1-2H3. The molecule has 0 fully saturated rings. The highest BCUT2D eigenvalue weighted by Gasteiger charge is 2.10. The maximum atomic E-state index is 11.1. The van der Waals surface area contributed by atoms with Crippen molar-refractivity contribution in [2.75, 3.05) is 12.9 Å². The zero-order valence-electron chi connectivity index (χ0n) is 9.51. The Morgan fingerprint density at radius 2 is 1.88 bits per heavy atom. The molecule has 0 aliphatic rings. The quantitative estimate of drug-likeness (QED) is 0.559. The first kappa shape index (κ1) is 12.9. The van der Waals surface area contributed by atoms with Crippen LogP contribution in [0.1, 0.15) is 26.2 Å². The highest BCUT2D eigenvalue weighted by atomic mass is 32.2. The molecule has 6 heteroatoms. The third-order valence-corrected chi connectivity index (χ3v) is 2.83. The van der Waals surface area contributed by atoms with E-state index in [4.69, 9.17) is 4.74 Å². The van der Waals surface area contributed by atoms with E-state index in [9.17, 15) is 8.42 Å². The number of hydrogen-bond acceptors (Lipinski definition) is 5. The maximum Gasteiger partial charge on any atom is 0.246 e. The first-order chi connectivity index (χ1) is 7.54. The van der Waals surface area contributed by atoms with Crippen molar-refractivity contribution >= 4 is 9.84 Å². The lowest BCUT2D eigenvalue weighted by atomic mass is 10.3. The molecule has 16 heavy (non-hydrogen) atoms. The molecular formula is C10H16N2O3S. The van der Waals surface area contributed by atoms with Crippen molar-refractivity contribution in [2.45, 2.75) is 31.3 Å². The molecule has 0 aliphatic carbocycles. The fourth-order valence-corrected chi connectivity index (χ4v) is 1.60. The molecule has 0 amide bonds. The van der Waals surface area contributed by atoms with Crippen LogP contribution in [0.5, 0.6) is 5.75 Å². The Morgan fingerprint density at radius 3 is 2.38 bits per heavy atom. The second kappa shape index (κ2) is 5.79. The number of hydrogen-bond donors (Lipinski definition) is 0. The monoisotopic (exact) mass is 244 g/mol. The highest BCUT2D eigenvalue weighted by Crippen LogP contribution is 2.09. The molecule has 1 heterocycles.